The van der Waals surface area contributed by atoms with E-state index in [4.69, 9.17) is 10.00 Å². The first-order valence-corrected chi connectivity index (χ1v) is 8.04. The summed E-state index contributed by atoms with van der Waals surface area (Å²) in [5.41, 5.74) is 0.556. The smallest absolute Gasteiger partial charge is 0.315 e. The summed E-state index contributed by atoms with van der Waals surface area (Å²) in [4.78, 5) is 20.2. The Labute approximate surface area is 158 Å². The van der Waals surface area contributed by atoms with E-state index < -0.39 is 41.2 Å². The highest BCUT2D eigenvalue weighted by molar-refractivity contribution is 5.75. The SMILES string of the molecule is Cc1cnc(-c2ccc(CC(=O)Oc3cc(F)c(C#N)c(F)c3)c(F)c2)nc1. The average Bonchev–Trinajstić information content (AvgIpc) is 2.64. The Kier molecular flexibility index (Phi) is 5.36. The lowest BCUT2D eigenvalue weighted by atomic mass is 10.1. The number of hydrogen-bond acceptors (Lipinski definition) is 5. The van der Waals surface area contributed by atoms with E-state index in [0.29, 0.717) is 23.5 Å². The van der Waals surface area contributed by atoms with Crippen LogP contribution in [0.4, 0.5) is 13.2 Å². The summed E-state index contributed by atoms with van der Waals surface area (Å²) < 4.78 is 46.3. The molecule has 3 rings (SSSR count). The number of esters is 1. The Balaban J connectivity index is 1.74. The first kappa shape index (κ1) is 19.0. The molecule has 1 heterocycles. The molecule has 0 unspecified atom stereocenters. The fourth-order valence-electron chi connectivity index (χ4n) is 2.41. The zero-order chi connectivity index (χ0) is 20.3. The molecule has 3 aromatic rings. The summed E-state index contributed by atoms with van der Waals surface area (Å²) in [7, 11) is 0. The van der Waals surface area contributed by atoms with E-state index in [2.05, 4.69) is 9.97 Å². The largest absolute Gasteiger partial charge is 0.426 e. The van der Waals surface area contributed by atoms with Crippen LogP contribution < -0.4 is 4.74 Å². The molecule has 28 heavy (non-hydrogen) atoms. The number of halogens is 3. The topological polar surface area (TPSA) is 75.9 Å². The van der Waals surface area contributed by atoms with Crippen LogP contribution >= 0.6 is 0 Å². The van der Waals surface area contributed by atoms with E-state index in [-0.39, 0.29) is 5.56 Å². The predicted molar refractivity (Wildman–Crippen MR) is 92.6 cm³/mol. The maximum Gasteiger partial charge on any atom is 0.315 e. The Bertz CT molecular complexity index is 1070. The standard InChI is InChI=1S/C20H12F3N3O2/c1-11-9-25-20(26-10-11)13-3-2-12(16(21)4-13)5-19(27)28-14-6-17(22)15(8-24)18(23)7-14/h2-4,6-7,9-10H,5H2,1H3. The number of benzene rings is 2. The van der Waals surface area contributed by atoms with Gasteiger partial charge in [-0.25, -0.2) is 23.1 Å². The lowest BCUT2D eigenvalue weighted by Gasteiger charge is -2.08. The van der Waals surface area contributed by atoms with Crippen molar-refractivity contribution in [2.45, 2.75) is 13.3 Å². The summed E-state index contributed by atoms with van der Waals surface area (Å²) in [5.74, 6) is -3.97. The second-order valence-corrected chi connectivity index (χ2v) is 5.91. The van der Waals surface area contributed by atoms with E-state index in [9.17, 15) is 18.0 Å². The molecule has 8 heteroatoms. The van der Waals surface area contributed by atoms with Crippen LogP contribution in [0.25, 0.3) is 11.4 Å². The number of rotatable bonds is 4. The number of carbonyl (C=O) groups is 1. The van der Waals surface area contributed by atoms with E-state index in [1.807, 2.05) is 6.92 Å². The zero-order valence-electron chi connectivity index (χ0n) is 14.5. The van der Waals surface area contributed by atoms with Gasteiger partial charge in [0, 0.05) is 30.1 Å². The van der Waals surface area contributed by atoms with Gasteiger partial charge < -0.3 is 4.74 Å². The molecular weight excluding hydrogens is 371 g/mol. The van der Waals surface area contributed by atoms with Crippen molar-refractivity contribution in [1.29, 1.82) is 5.26 Å². The molecule has 0 aliphatic rings. The number of nitrogens with zero attached hydrogens (tertiary/aromatic N) is 3. The number of aromatic nitrogens is 2. The second kappa shape index (κ2) is 7.88. The fourth-order valence-corrected chi connectivity index (χ4v) is 2.41. The molecule has 0 saturated carbocycles. The molecule has 0 radical (unpaired) electrons. The van der Waals surface area contributed by atoms with Crippen molar-refractivity contribution in [1.82, 2.24) is 9.97 Å². The molecule has 1 aromatic heterocycles. The number of aryl methyl sites for hydroxylation is 1. The second-order valence-electron chi connectivity index (χ2n) is 5.91. The summed E-state index contributed by atoms with van der Waals surface area (Å²) in [6.45, 7) is 1.82. The summed E-state index contributed by atoms with van der Waals surface area (Å²) in [5, 5.41) is 8.63. The third-order valence-corrected chi connectivity index (χ3v) is 3.79. The zero-order valence-corrected chi connectivity index (χ0v) is 14.5. The third-order valence-electron chi connectivity index (χ3n) is 3.79. The molecule has 0 atom stereocenters. The minimum Gasteiger partial charge on any atom is -0.426 e. The van der Waals surface area contributed by atoms with Gasteiger partial charge in [-0.1, -0.05) is 12.1 Å². The molecule has 0 aliphatic carbocycles. The lowest BCUT2D eigenvalue weighted by Crippen LogP contribution is -2.13. The van der Waals surface area contributed by atoms with Crippen LogP contribution in [-0.2, 0) is 11.2 Å². The lowest BCUT2D eigenvalue weighted by molar-refractivity contribution is -0.133. The maximum absolute atomic E-state index is 14.3. The minimum atomic E-state index is -1.15. The Morgan fingerprint density at radius 1 is 1.07 bits per heavy atom. The van der Waals surface area contributed by atoms with Crippen molar-refractivity contribution in [3.8, 4) is 23.2 Å². The van der Waals surface area contributed by atoms with Crippen LogP contribution in [0.2, 0.25) is 0 Å². The van der Waals surface area contributed by atoms with Gasteiger partial charge >= 0.3 is 5.97 Å². The van der Waals surface area contributed by atoms with Crippen molar-refractivity contribution in [3.63, 3.8) is 0 Å². The Morgan fingerprint density at radius 3 is 2.29 bits per heavy atom. The summed E-state index contributed by atoms with van der Waals surface area (Å²) in [6.07, 6.45) is 2.74. The van der Waals surface area contributed by atoms with Gasteiger partial charge in [0.1, 0.15) is 34.8 Å². The molecule has 0 amide bonds. The third kappa shape index (κ3) is 4.15. The first-order chi connectivity index (χ1) is 13.4. The molecule has 140 valence electrons. The number of ether oxygens (including phenoxy) is 1. The van der Waals surface area contributed by atoms with Gasteiger partial charge in [-0.3, -0.25) is 4.79 Å². The maximum atomic E-state index is 14.3. The van der Waals surface area contributed by atoms with Gasteiger partial charge in [-0.15, -0.1) is 0 Å². The predicted octanol–water partition coefficient (Wildman–Crippen LogP) is 3.89. The van der Waals surface area contributed by atoms with Crippen LogP contribution in [0.15, 0.2) is 42.7 Å². The Hall–Kier alpha value is -3.73. The summed E-state index contributed by atoms with van der Waals surface area (Å²) in [6, 6.07) is 6.92. The molecule has 0 bridgehead atoms. The van der Waals surface area contributed by atoms with Gasteiger partial charge in [0.05, 0.1) is 6.42 Å². The molecule has 2 aromatic carbocycles. The molecule has 0 spiro atoms. The molecular formula is C20H12F3N3O2. The van der Waals surface area contributed by atoms with E-state index >= 15 is 0 Å². The van der Waals surface area contributed by atoms with Gasteiger partial charge in [0.15, 0.2) is 5.82 Å². The van der Waals surface area contributed by atoms with Gasteiger partial charge in [-0.2, -0.15) is 5.26 Å². The van der Waals surface area contributed by atoms with Gasteiger partial charge in [-0.05, 0) is 24.1 Å². The molecule has 0 N–H and O–H groups in total. The van der Waals surface area contributed by atoms with Gasteiger partial charge in [0.25, 0.3) is 0 Å². The highest BCUT2D eigenvalue weighted by Crippen LogP contribution is 2.22. The molecule has 5 nitrogen and oxygen atoms in total. The molecule has 0 aliphatic heterocycles. The minimum absolute atomic E-state index is 0.0375. The highest BCUT2D eigenvalue weighted by atomic mass is 19.1. The van der Waals surface area contributed by atoms with Gasteiger partial charge in [0.2, 0.25) is 0 Å². The number of nitriles is 1. The van der Waals surface area contributed by atoms with Crippen LogP contribution in [0.5, 0.6) is 5.75 Å². The fraction of sp³-hybridized carbons (Fsp3) is 0.100. The van der Waals surface area contributed by atoms with E-state index in [1.165, 1.54) is 18.2 Å². The van der Waals surface area contributed by atoms with Crippen LogP contribution in [0.1, 0.15) is 16.7 Å². The number of carbonyl (C=O) groups excluding carboxylic acids is 1. The summed E-state index contributed by atoms with van der Waals surface area (Å²) >= 11 is 0. The van der Waals surface area contributed by atoms with Crippen LogP contribution in [0, 0.1) is 35.7 Å². The van der Waals surface area contributed by atoms with Crippen molar-refractivity contribution >= 4 is 5.97 Å². The Morgan fingerprint density at radius 2 is 1.71 bits per heavy atom. The normalized spacial score (nSPS) is 10.4. The quantitative estimate of drug-likeness (QED) is 0.505. The van der Waals surface area contributed by atoms with Crippen LogP contribution in [0.3, 0.4) is 0 Å². The van der Waals surface area contributed by atoms with Crippen molar-refractivity contribution in [2.24, 2.45) is 0 Å². The van der Waals surface area contributed by atoms with E-state index in [1.54, 1.807) is 18.5 Å². The van der Waals surface area contributed by atoms with Crippen molar-refractivity contribution in [3.05, 3.63) is 76.9 Å². The van der Waals surface area contributed by atoms with Crippen LogP contribution in [-0.4, -0.2) is 15.9 Å². The van der Waals surface area contributed by atoms with E-state index in [0.717, 1.165) is 5.56 Å². The average molecular weight is 383 g/mol. The number of hydrogen-bond donors (Lipinski definition) is 0. The molecule has 0 saturated heterocycles. The first-order valence-electron chi connectivity index (χ1n) is 8.04. The van der Waals surface area contributed by atoms with Crippen molar-refractivity contribution in [2.75, 3.05) is 0 Å². The van der Waals surface area contributed by atoms with Crippen molar-refractivity contribution < 1.29 is 22.7 Å². The highest BCUT2D eigenvalue weighted by Gasteiger charge is 2.16. The monoisotopic (exact) mass is 383 g/mol. The molecule has 0 fully saturated rings.